The van der Waals surface area contributed by atoms with Crippen LogP contribution in [0.2, 0.25) is 0 Å². The molecule has 1 nitrogen and oxygen atoms in total. The molecule has 0 atom stereocenters. The average molecular weight is 214 g/mol. The molecule has 1 heteroatoms. The second-order valence-corrected chi connectivity index (χ2v) is 3.59. The Kier molecular flexibility index (Phi) is 4.59. The number of rotatable bonds is 4. The summed E-state index contributed by atoms with van der Waals surface area (Å²) in [5.74, 6) is 0.274. The van der Waals surface area contributed by atoms with Crippen molar-refractivity contribution in [1.82, 2.24) is 0 Å². The molecule has 16 heavy (non-hydrogen) atoms. The van der Waals surface area contributed by atoms with E-state index in [0.717, 1.165) is 17.6 Å². The SMILES string of the molecule is C=C(/C=C\C(=C/C)CC)c1ccccc1O. The van der Waals surface area contributed by atoms with Crippen LogP contribution in [-0.4, -0.2) is 5.11 Å². The van der Waals surface area contributed by atoms with Gasteiger partial charge in [-0.25, -0.2) is 0 Å². The zero-order valence-electron chi connectivity index (χ0n) is 9.90. The molecular formula is C15H18O. The number of aromatic hydroxyl groups is 1. The van der Waals surface area contributed by atoms with Gasteiger partial charge in [0.15, 0.2) is 0 Å². The molecule has 0 heterocycles. The van der Waals surface area contributed by atoms with Crippen LogP contribution >= 0.6 is 0 Å². The van der Waals surface area contributed by atoms with Crippen LogP contribution in [-0.2, 0) is 0 Å². The van der Waals surface area contributed by atoms with E-state index in [0.29, 0.717) is 0 Å². The number of phenolic OH excluding ortho intramolecular Hbond substituents is 1. The molecule has 1 aromatic carbocycles. The number of para-hydroxylation sites is 1. The summed E-state index contributed by atoms with van der Waals surface area (Å²) in [4.78, 5) is 0. The summed E-state index contributed by atoms with van der Waals surface area (Å²) in [5, 5.41) is 9.65. The van der Waals surface area contributed by atoms with Gasteiger partial charge in [0.25, 0.3) is 0 Å². The van der Waals surface area contributed by atoms with Gasteiger partial charge in [-0.1, -0.05) is 55.5 Å². The van der Waals surface area contributed by atoms with E-state index < -0.39 is 0 Å². The van der Waals surface area contributed by atoms with Crippen molar-refractivity contribution in [1.29, 1.82) is 0 Å². The molecule has 0 fully saturated rings. The van der Waals surface area contributed by atoms with Gasteiger partial charge in [0, 0.05) is 5.56 Å². The molecule has 1 N–H and O–H groups in total. The van der Waals surface area contributed by atoms with Crippen molar-refractivity contribution < 1.29 is 5.11 Å². The predicted octanol–water partition coefficient (Wildman–Crippen LogP) is 4.32. The Morgan fingerprint density at radius 2 is 2.00 bits per heavy atom. The lowest BCUT2D eigenvalue weighted by atomic mass is 10.0. The molecule has 0 saturated carbocycles. The number of benzene rings is 1. The van der Waals surface area contributed by atoms with Gasteiger partial charge in [0.2, 0.25) is 0 Å². The third-order valence-corrected chi connectivity index (χ3v) is 2.53. The molecule has 84 valence electrons. The fourth-order valence-electron chi connectivity index (χ4n) is 1.46. The van der Waals surface area contributed by atoms with Crippen molar-refractivity contribution in [2.24, 2.45) is 0 Å². The fraction of sp³-hybridized carbons (Fsp3) is 0.200. The van der Waals surface area contributed by atoms with E-state index in [1.807, 2.05) is 31.2 Å². The Morgan fingerprint density at radius 3 is 2.56 bits per heavy atom. The van der Waals surface area contributed by atoms with E-state index in [1.54, 1.807) is 12.1 Å². The minimum atomic E-state index is 0.274. The van der Waals surface area contributed by atoms with Crippen LogP contribution in [0.25, 0.3) is 5.57 Å². The first-order valence-electron chi connectivity index (χ1n) is 5.49. The molecule has 0 aromatic heterocycles. The van der Waals surface area contributed by atoms with Gasteiger partial charge in [0.05, 0.1) is 0 Å². The average Bonchev–Trinajstić information content (AvgIpc) is 2.30. The van der Waals surface area contributed by atoms with Crippen LogP contribution in [0.5, 0.6) is 5.75 Å². The second kappa shape index (κ2) is 5.96. The zero-order chi connectivity index (χ0) is 12.0. The molecule has 0 aliphatic carbocycles. The van der Waals surface area contributed by atoms with Crippen LogP contribution in [0.4, 0.5) is 0 Å². The molecule has 1 rings (SSSR count). The molecule has 1 aromatic rings. The highest BCUT2D eigenvalue weighted by Gasteiger charge is 2.00. The van der Waals surface area contributed by atoms with Gasteiger partial charge >= 0.3 is 0 Å². The van der Waals surface area contributed by atoms with E-state index in [-0.39, 0.29) is 5.75 Å². The largest absolute Gasteiger partial charge is 0.507 e. The van der Waals surface area contributed by atoms with Gasteiger partial charge < -0.3 is 5.11 Å². The maximum Gasteiger partial charge on any atom is 0.123 e. The van der Waals surface area contributed by atoms with Gasteiger partial charge in [-0.3, -0.25) is 0 Å². The highest BCUT2D eigenvalue weighted by atomic mass is 16.3. The van der Waals surface area contributed by atoms with Crippen LogP contribution in [0.1, 0.15) is 25.8 Å². The topological polar surface area (TPSA) is 20.2 Å². The molecule has 0 aliphatic heterocycles. The van der Waals surface area contributed by atoms with Crippen LogP contribution in [0, 0.1) is 0 Å². The minimum absolute atomic E-state index is 0.274. The van der Waals surface area contributed by atoms with Crippen LogP contribution < -0.4 is 0 Å². The molecule has 0 aliphatic rings. The maximum absolute atomic E-state index is 9.65. The second-order valence-electron chi connectivity index (χ2n) is 3.59. The third kappa shape index (κ3) is 3.13. The lowest BCUT2D eigenvalue weighted by Gasteiger charge is -2.03. The van der Waals surface area contributed by atoms with Gasteiger partial charge in [-0.15, -0.1) is 0 Å². The first kappa shape index (κ1) is 12.3. The molecular weight excluding hydrogens is 196 g/mol. The van der Waals surface area contributed by atoms with Gasteiger partial charge in [-0.05, 0) is 25.0 Å². The summed E-state index contributed by atoms with van der Waals surface area (Å²) in [6.45, 7) is 8.09. The Morgan fingerprint density at radius 1 is 1.31 bits per heavy atom. The van der Waals surface area contributed by atoms with E-state index in [1.165, 1.54) is 5.57 Å². The Hall–Kier alpha value is -1.76. The first-order valence-corrected chi connectivity index (χ1v) is 5.49. The molecule has 0 saturated heterocycles. The van der Waals surface area contributed by atoms with Gasteiger partial charge in [-0.2, -0.15) is 0 Å². The normalized spacial score (nSPS) is 12.0. The van der Waals surface area contributed by atoms with Crippen molar-refractivity contribution in [3.8, 4) is 5.75 Å². The molecule has 0 bridgehead atoms. The summed E-state index contributed by atoms with van der Waals surface area (Å²) in [5.41, 5.74) is 2.87. The standard InChI is InChI=1S/C15H18O/c1-4-13(5-2)11-10-12(3)14-8-6-7-9-15(14)16/h4,6-11,16H,3,5H2,1-2H3/b11-10-,13-4-. The molecule has 0 unspecified atom stereocenters. The van der Waals surface area contributed by atoms with Crippen LogP contribution in [0.15, 0.2) is 54.6 Å². The van der Waals surface area contributed by atoms with E-state index in [2.05, 4.69) is 19.6 Å². The molecule has 0 radical (unpaired) electrons. The lowest BCUT2D eigenvalue weighted by molar-refractivity contribution is 0.474. The summed E-state index contributed by atoms with van der Waals surface area (Å²) in [6, 6.07) is 7.23. The van der Waals surface area contributed by atoms with E-state index in [9.17, 15) is 5.11 Å². The number of allylic oxidation sites excluding steroid dienone is 5. The summed E-state index contributed by atoms with van der Waals surface area (Å²) in [7, 11) is 0. The van der Waals surface area contributed by atoms with Crippen molar-refractivity contribution in [2.75, 3.05) is 0 Å². The number of hydrogen-bond donors (Lipinski definition) is 1. The Bertz CT molecular complexity index is 425. The monoisotopic (exact) mass is 214 g/mol. The summed E-state index contributed by atoms with van der Waals surface area (Å²) >= 11 is 0. The van der Waals surface area contributed by atoms with E-state index in [4.69, 9.17) is 0 Å². The smallest absolute Gasteiger partial charge is 0.123 e. The zero-order valence-corrected chi connectivity index (χ0v) is 9.90. The lowest BCUT2D eigenvalue weighted by Crippen LogP contribution is -1.80. The predicted molar refractivity (Wildman–Crippen MR) is 70.3 cm³/mol. The number of hydrogen-bond acceptors (Lipinski definition) is 1. The van der Waals surface area contributed by atoms with Crippen molar-refractivity contribution in [3.63, 3.8) is 0 Å². The van der Waals surface area contributed by atoms with Crippen LogP contribution in [0.3, 0.4) is 0 Å². The minimum Gasteiger partial charge on any atom is -0.507 e. The highest BCUT2D eigenvalue weighted by molar-refractivity contribution is 5.76. The third-order valence-electron chi connectivity index (χ3n) is 2.53. The van der Waals surface area contributed by atoms with Crippen molar-refractivity contribution in [2.45, 2.75) is 20.3 Å². The van der Waals surface area contributed by atoms with E-state index >= 15 is 0 Å². The molecule has 0 spiro atoms. The molecule has 0 amide bonds. The summed E-state index contributed by atoms with van der Waals surface area (Å²) in [6.07, 6.45) is 7.05. The fourth-order valence-corrected chi connectivity index (χ4v) is 1.46. The number of phenols is 1. The Labute approximate surface area is 97.4 Å². The first-order chi connectivity index (χ1) is 7.69. The Balaban J connectivity index is 2.85. The highest BCUT2D eigenvalue weighted by Crippen LogP contribution is 2.24. The van der Waals surface area contributed by atoms with Gasteiger partial charge in [0.1, 0.15) is 5.75 Å². The van der Waals surface area contributed by atoms with Crippen molar-refractivity contribution in [3.05, 3.63) is 60.2 Å². The van der Waals surface area contributed by atoms with Crippen molar-refractivity contribution >= 4 is 5.57 Å². The quantitative estimate of drug-likeness (QED) is 0.740. The maximum atomic E-state index is 9.65. The summed E-state index contributed by atoms with van der Waals surface area (Å²) < 4.78 is 0.